The van der Waals surface area contributed by atoms with Gasteiger partial charge >= 0.3 is 18.1 Å². The van der Waals surface area contributed by atoms with Gasteiger partial charge < -0.3 is 25.4 Å². The molecular formula is C25H23F3N2O6. The average molecular weight is 504 g/mol. The van der Waals surface area contributed by atoms with Gasteiger partial charge in [-0.05, 0) is 48.4 Å². The van der Waals surface area contributed by atoms with Crippen LogP contribution in [-0.2, 0) is 17.4 Å². The zero-order valence-corrected chi connectivity index (χ0v) is 18.7. The molecule has 0 heterocycles. The van der Waals surface area contributed by atoms with Gasteiger partial charge in [-0.1, -0.05) is 36.4 Å². The minimum atomic E-state index is -4.81. The zero-order chi connectivity index (χ0) is 26.3. The molecule has 0 spiro atoms. The third-order valence-corrected chi connectivity index (χ3v) is 5.07. The van der Waals surface area contributed by atoms with Crippen LogP contribution in [0.15, 0.2) is 72.8 Å². The monoisotopic (exact) mass is 504 g/mol. The number of aliphatic carboxylic acids is 1. The zero-order valence-electron chi connectivity index (χ0n) is 18.7. The quantitative estimate of drug-likeness (QED) is 0.246. The second kappa shape index (κ2) is 11.6. The van der Waals surface area contributed by atoms with Crippen molar-refractivity contribution in [2.45, 2.75) is 24.9 Å². The van der Waals surface area contributed by atoms with Gasteiger partial charge in [-0.15, -0.1) is 0 Å². The van der Waals surface area contributed by atoms with Crippen LogP contribution in [0.2, 0.25) is 0 Å². The molecule has 2 atom stereocenters. The van der Waals surface area contributed by atoms with Gasteiger partial charge in [0.05, 0.1) is 11.1 Å². The van der Waals surface area contributed by atoms with Crippen molar-refractivity contribution in [2.24, 2.45) is 0 Å². The molecule has 190 valence electrons. The van der Waals surface area contributed by atoms with Crippen LogP contribution >= 0.6 is 0 Å². The molecular weight excluding hydrogens is 481 g/mol. The second-order valence-corrected chi connectivity index (χ2v) is 7.79. The summed E-state index contributed by atoms with van der Waals surface area (Å²) >= 11 is 0. The Balaban J connectivity index is 1.70. The summed E-state index contributed by atoms with van der Waals surface area (Å²) in [6.45, 7) is -0.346. The Morgan fingerprint density at radius 1 is 0.917 bits per heavy atom. The molecule has 3 aromatic rings. The maximum Gasteiger partial charge on any atom is 0.418 e. The van der Waals surface area contributed by atoms with Gasteiger partial charge in [0.2, 0.25) is 0 Å². The van der Waals surface area contributed by atoms with Crippen molar-refractivity contribution in [2.75, 3.05) is 11.9 Å². The molecule has 5 N–H and O–H groups in total. The summed E-state index contributed by atoms with van der Waals surface area (Å²) < 4.78 is 46.5. The summed E-state index contributed by atoms with van der Waals surface area (Å²) in [6, 6.07) is 16.0. The van der Waals surface area contributed by atoms with E-state index in [0.29, 0.717) is 6.07 Å². The molecule has 0 aromatic heterocycles. The van der Waals surface area contributed by atoms with E-state index in [2.05, 4.69) is 10.6 Å². The highest BCUT2D eigenvalue weighted by atomic mass is 19.4. The molecule has 0 radical (unpaired) electrons. The number of hydrogen-bond acceptors (Lipinski definition) is 6. The first-order chi connectivity index (χ1) is 17.0. The molecule has 0 aliphatic heterocycles. The van der Waals surface area contributed by atoms with Crippen molar-refractivity contribution in [3.8, 4) is 11.5 Å². The standard InChI is InChI=1S/C25H23F3N2O6/c26-25(27,28)19-13-18(36-17-8-4-7-16(12-17)23(32)33)9-10-20(19)30-22(31)14-29-21(24(34)35)11-15-5-2-1-3-6-15/h1-10,12-13,21-22,29-31H,11,14H2,(H,32,33)(H,34,35)/t21-,22?/m0/s1. The van der Waals surface area contributed by atoms with Crippen molar-refractivity contribution in [3.05, 3.63) is 89.5 Å². The van der Waals surface area contributed by atoms with E-state index in [-0.39, 0.29) is 30.0 Å². The van der Waals surface area contributed by atoms with E-state index in [4.69, 9.17) is 9.84 Å². The Morgan fingerprint density at radius 3 is 2.25 bits per heavy atom. The van der Waals surface area contributed by atoms with Gasteiger partial charge in [-0.2, -0.15) is 13.2 Å². The van der Waals surface area contributed by atoms with Crippen molar-refractivity contribution >= 4 is 17.6 Å². The Morgan fingerprint density at radius 2 is 1.61 bits per heavy atom. The number of nitrogens with one attached hydrogen (secondary N) is 2. The summed E-state index contributed by atoms with van der Waals surface area (Å²) in [5.74, 6) is -2.55. The summed E-state index contributed by atoms with van der Waals surface area (Å²) in [7, 11) is 0. The number of carbonyl (C=O) groups is 2. The third kappa shape index (κ3) is 7.45. The van der Waals surface area contributed by atoms with E-state index in [9.17, 15) is 33.0 Å². The van der Waals surface area contributed by atoms with Crippen LogP contribution < -0.4 is 15.4 Å². The Bertz CT molecular complexity index is 1200. The fourth-order valence-corrected chi connectivity index (χ4v) is 3.36. The lowest BCUT2D eigenvalue weighted by atomic mass is 10.1. The topological polar surface area (TPSA) is 128 Å². The van der Waals surface area contributed by atoms with Crippen molar-refractivity contribution < 1.29 is 42.8 Å². The molecule has 0 fully saturated rings. The molecule has 0 aliphatic carbocycles. The molecule has 8 nitrogen and oxygen atoms in total. The first kappa shape index (κ1) is 26.5. The van der Waals surface area contributed by atoms with Crippen molar-refractivity contribution in [3.63, 3.8) is 0 Å². The first-order valence-electron chi connectivity index (χ1n) is 10.7. The molecule has 3 rings (SSSR count). The molecule has 36 heavy (non-hydrogen) atoms. The van der Waals surface area contributed by atoms with E-state index in [1.54, 1.807) is 30.3 Å². The molecule has 11 heteroatoms. The second-order valence-electron chi connectivity index (χ2n) is 7.79. The van der Waals surface area contributed by atoms with E-state index in [1.165, 1.54) is 30.3 Å². The van der Waals surface area contributed by atoms with Crippen LogP contribution in [0.1, 0.15) is 21.5 Å². The maximum absolute atomic E-state index is 13.7. The summed E-state index contributed by atoms with van der Waals surface area (Å²) in [4.78, 5) is 22.6. The van der Waals surface area contributed by atoms with Crippen molar-refractivity contribution in [1.29, 1.82) is 0 Å². The van der Waals surface area contributed by atoms with Crippen LogP contribution in [0, 0.1) is 0 Å². The van der Waals surface area contributed by atoms with E-state index in [1.807, 2.05) is 0 Å². The number of benzene rings is 3. The molecule has 0 amide bonds. The van der Waals surface area contributed by atoms with Crippen molar-refractivity contribution in [1.82, 2.24) is 5.32 Å². The third-order valence-electron chi connectivity index (χ3n) is 5.07. The Kier molecular flexibility index (Phi) is 8.51. The number of anilines is 1. The smallest absolute Gasteiger partial charge is 0.418 e. The van der Waals surface area contributed by atoms with Gasteiger partial charge in [0, 0.05) is 12.2 Å². The number of carboxylic acids is 2. The highest BCUT2D eigenvalue weighted by Crippen LogP contribution is 2.38. The number of ether oxygens (including phenoxy) is 1. The Hall–Kier alpha value is -4.09. The largest absolute Gasteiger partial charge is 0.480 e. The predicted octanol–water partition coefficient (Wildman–Crippen LogP) is 4.21. The van der Waals surface area contributed by atoms with Gasteiger partial charge in [0.25, 0.3) is 0 Å². The van der Waals surface area contributed by atoms with Gasteiger partial charge in [0.15, 0.2) is 0 Å². The number of carboxylic acid groups (broad SMARTS) is 2. The van der Waals surface area contributed by atoms with Crippen LogP contribution in [0.25, 0.3) is 0 Å². The fourth-order valence-electron chi connectivity index (χ4n) is 3.36. The number of aliphatic hydroxyl groups is 1. The average Bonchev–Trinajstić information content (AvgIpc) is 2.82. The van der Waals surface area contributed by atoms with Crippen LogP contribution in [0.4, 0.5) is 18.9 Å². The number of aliphatic hydroxyl groups excluding tert-OH is 1. The highest BCUT2D eigenvalue weighted by molar-refractivity contribution is 5.88. The van der Waals surface area contributed by atoms with Gasteiger partial charge in [-0.25, -0.2) is 4.79 Å². The lowest BCUT2D eigenvalue weighted by Crippen LogP contribution is -2.44. The van der Waals surface area contributed by atoms with E-state index < -0.39 is 41.6 Å². The minimum Gasteiger partial charge on any atom is -0.480 e. The highest BCUT2D eigenvalue weighted by Gasteiger charge is 2.34. The van der Waals surface area contributed by atoms with Crippen LogP contribution in [0.5, 0.6) is 11.5 Å². The molecule has 1 unspecified atom stereocenters. The molecule has 0 saturated heterocycles. The Labute approximate surface area is 204 Å². The predicted molar refractivity (Wildman–Crippen MR) is 124 cm³/mol. The molecule has 0 saturated carbocycles. The molecule has 0 aliphatic rings. The number of aromatic carboxylic acids is 1. The number of hydrogen-bond donors (Lipinski definition) is 5. The van der Waals surface area contributed by atoms with Gasteiger partial charge in [0.1, 0.15) is 23.8 Å². The van der Waals surface area contributed by atoms with Crippen LogP contribution in [0.3, 0.4) is 0 Å². The minimum absolute atomic E-state index is 0.0334. The SMILES string of the molecule is O=C(O)c1cccc(Oc2ccc(NC(O)CN[C@@H](Cc3ccccc3)C(=O)O)c(C(F)(F)F)c2)c1. The summed E-state index contributed by atoms with van der Waals surface area (Å²) in [6.07, 6.45) is -6.23. The lowest BCUT2D eigenvalue weighted by Gasteiger charge is -2.22. The number of halogens is 3. The summed E-state index contributed by atoms with van der Waals surface area (Å²) in [5.41, 5.74) is -0.932. The molecule has 3 aromatic carbocycles. The summed E-state index contributed by atoms with van der Waals surface area (Å²) in [5, 5.41) is 33.7. The molecule has 0 bridgehead atoms. The first-order valence-corrected chi connectivity index (χ1v) is 10.7. The normalized spacial score (nSPS) is 13.0. The number of alkyl halides is 3. The van der Waals surface area contributed by atoms with E-state index in [0.717, 1.165) is 11.6 Å². The van der Waals surface area contributed by atoms with Crippen LogP contribution in [-0.4, -0.2) is 46.1 Å². The lowest BCUT2D eigenvalue weighted by molar-refractivity contribution is -0.139. The fraction of sp³-hybridized carbons (Fsp3) is 0.200. The van der Waals surface area contributed by atoms with E-state index >= 15 is 0 Å². The number of rotatable bonds is 11. The maximum atomic E-state index is 13.7. The van der Waals surface area contributed by atoms with Gasteiger partial charge in [-0.3, -0.25) is 10.1 Å².